The van der Waals surface area contributed by atoms with Crippen LogP contribution in [0.3, 0.4) is 0 Å². The molecule has 25 heavy (non-hydrogen) atoms. The molecule has 0 fully saturated rings. The molecule has 2 nitrogen and oxygen atoms in total. The molecule has 0 saturated carbocycles. The summed E-state index contributed by atoms with van der Waals surface area (Å²) in [6.07, 6.45) is 0.991. The van der Waals surface area contributed by atoms with Gasteiger partial charge in [-0.2, -0.15) is 0 Å². The molecule has 0 heterocycles. The van der Waals surface area contributed by atoms with Crippen LogP contribution in [0.1, 0.15) is 34.3 Å². The molecular weight excluding hydrogens is 304 g/mol. The topological polar surface area (TPSA) is 38.0 Å². The third-order valence-corrected chi connectivity index (χ3v) is 4.60. The molecule has 2 heteroatoms. The van der Waals surface area contributed by atoms with Gasteiger partial charge >= 0.3 is 0 Å². The molecule has 3 aromatic carbocycles. The minimum Gasteiger partial charge on any atom is -0.322 e. The van der Waals surface area contributed by atoms with E-state index in [4.69, 9.17) is 5.73 Å². The third-order valence-electron chi connectivity index (χ3n) is 4.60. The van der Waals surface area contributed by atoms with Gasteiger partial charge in [0.15, 0.2) is 0 Å². The number of nitrogens with two attached hydrogens (primary N) is 1. The van der Waals surface area contributed by atoms with E-state index < -0.39 is 0 Å². The van der Waals surface area contributed by atoms with Crippen LogP contribution in [0.25, 0.3) is 0 Å². The van der Waals surface area contributed by atoms with Gasteiger partial charge in [-0.15, -0.1) is 0 Å². The van der Waals surface area contributed by atoms with Crippen LogP contribution in [0.4, 0.5) is 0 Å². The molecule has 3 aromatic rings. The third kappa shape index (κ3) is 4.79. The summed E-state index contributed by atoms with van der Waals surface area (Å²) < 4.78 is 0. The van der Waals surface area contributed by atoms with E-state index in [1.165, 1.54) is 16.7 Å². The van der Waals surface area contributed by atoms with Crippen molar-refractivity contribution in [3.05, 3.63) is 107 Å². The van der Waals surface area contributed by atoms with Gasteiger partial charge in [0.1, 0.15) is 0 Å². The Bertz CT molecular complexity index is 751. The summed E-state index contributed by atoms with van der Waals surface area (Å²) in [5.74, 6) is 0. The maximum atomic E-state index is 6.61. The van der Waals surface area contributed by atoms with E-state index in [1.807, 2.05) is 24.3 Å². The van der Waals surface area contributed by atoms with E-state index in [0.29, 0.717) is 0 Å². The molecule has 0 aromatic heterocycles. The highest BCUT2D eigenvalue weighted by Crippen LogP contribution is 2.26. The summed E-state index contributed by atoms with van der Waals surface area (Å²) in [6.45, 7) is 3.01. The Balaban J connectivity index is 1.71. The second kappa shape index (κ2) is 8.61. The molecule has 2 unspecified atom stereocenters. The maximum absolute atomic E-state index is 6.61. The van der Waals surface area contributed by atoms with E-state index in [2.05, 4.69) is 72.9 Å². The van der Waals surface area contributed by atoms with Crippen molar-refractivity contribution in [3.8, 4) is 0 Å². The van der Waals surface area contributed by atoms with Gasteiger partial charge in [0.2, 0.25) is 0 Å². The predicted octanol–water partition coefficient (Wildman–Crippen LogP) is 4.57. The Morgan fingerprint density at radius 1 is 0.760 bits per heavy atom. The van der Waals surface area contributed by atoms with Crippen LogP contribution in [0.2, 0.25) is 0 Å². The van der Waals surface area contributed by atoms with Gasteiger partial charge < -0.3 is 11.1 Å². The Labute approximate surface area is 150 Å². The molecule has 0 amide bonds. The number of rotatable bonds is 7. The normalized spacial score (nSPS) is 13.4. The van der Waals surface area contributed by atoms with Crippen molar-refractivity contribution in [2.24, 2.45) is 5.73 Å². The van der Waals surface area contributed by atoms with Gasteiger partial charge in [-0.25, -0.2) is 0 Å². The van der Waals surface area contributed by atoms with Crippen molar-refractivity contribution in [1.82, 2.24) is 5.32 Å². The minimum atomic E-state index is -0.0818. The smallest absolute Gasteiger partial charge is 0.0516 e. The number of benzene rings is 3. The lowest BCUT2D eigenvalue weighted by Crippen LogP contribution is -2.33. The van der Waals surface area contributed by atoms with Crippen molar-refractivity contribution in [1.29, 1.82) is 0 Å². The molecule has 0 radical (unpaired) electrons. The van der Waals surface area contributed by atoms with E-state index in [-0.39, 0.29) is 12.1 Å². The van der Waals surface area contributed by atoms with Crippen LogP contribution in [0.15, 0.2) is 84.9 Å². The molecule has 0 spiro atoms. The van der Waals surface area contributed by atoms with Crippen molar-refractivity contribution >= 4 is 0 Å². The van der Waals surface area contributed by atoms with Crippen LogP contribution in [0, 0.1) is 6.92 Å². The molecule has 128 valence electrons. The fourth-order valence-electron chi connectivity index (χ4n) is 3.11. The Hall–Kier alpha value is -2.42. The molecule has 0 bridgehead atoms. The first-order valence-electron chi connectivity index (χ1n) is 8.88. The van der Waals surface area contributed by atoms with Gasteiger partial charge in [0.05, 0.1) is 6.04 Å². The summed E-state index contributed by atoms with van der Waals surface area (Å²) in [4.78, 5) is 0. The van der Waals surface area contributed by atoms with E-state index >= 15 is 0 Å². The fourth-order valence-corrected chi connectivity index (χ4v) is 3.11. The highest BCUT2D eigenvalue weighted by Gasteiger charge is 2.20. The van der Waals surface area contributed by atoms with E-state index in [9.17, 15) is 0 Å². The first-order valence-corrected chi connectivity index (χ1v) is 8.88. The van der Waals surface area contributed by atoms with E-state index in [1.54, 1.807) is 0 Å². The average Bonchev–Trinajstić information content (AvgIpc) is 2.67. The van der Waals surface area contributed by atoms with Crippen molar-refractivity contribution in [3.63, 3.8) is 0 Å². The van der Waals surface area contributed by atoms with E-state index in [0.717, 1.165) is 18.5 Å². The first-order chi connectivity index (χ1) is 12.2. The van der Waals surface area contributed by atoms with Gasteiger partial charge in [0.25, 0.3) is 0 Å². The van der Waals surface area contributed by atoms with Crippen molar-refractivity contribution in [2.45, 2.75) is 25.4 Å². The zero-order chi connectivity index (χ0) is 17.5. The average molecular weight is 330 g/mol. The molecule has 2 atom stereocenters. The first kappa shape index (κ1) is 17.4. The summed E-state index contributed by atoms with van der Waals surface area (Å²) in [5.41, 5.74) is 11.6. The number of nitrogens with one attached hydrogen (secondary N) is 1. The summed E-state index contributed by atoms with van der Waals surface area (Å²) >= 11 is 0. The number of aryl methyl sites for hydroxylation is 1. The maximum Gasteiger partial charge on any atom is 0.0516 e. The molecule has 0 aliphatic carbocycles. The Morgan fingerprint density at radius 2 is 1.32 bits per heavy atom. The molecule has 0 saturated heterocycles. The lowest BCUT2D eigenvalue weighted by atomic mass is 9.94. The van der Waals surface area contributed by atoms with Gasteiger partial charge in [-0.3, -0.25) is 0 Å². The van der Waals surface area contributed by atoms with Crippen molar-refractivity contribution < 1.29 is 0 Å². The highest BCUT2D eigenvalue weighted by atomic mass is 14.9. The SMILES string of the molecule is Cc1ccc(CCNC(c2ccccc2)C(N)c2ccccc2)cc1. The van der Waals surface area contributed by atoms with Crippen LogP contribution < -0.4 is 11.1 Å². The fraction of sp³-hybridized carbons (Fsp3) is 0.217. The molecule has 0 aliphatic rings. The number of hydrogen-bond acceptors (Lipinski definition) is 2. The quantitative estimate of drug-likeness (QED) is 0.666. The van der Waals surface area contributed by atoms with Gasteiger partial charge in [-0.1, -0.05) is 90.5 Å². The molecule has 3 N–H and O–H groups in total. The predicted molar refractivity (Wildman–Crippen MR) is 105 cm³/mol. The zero-order valence-corrected chi connectivity index (χ0v) is 14.7. The lowest BCUT2D eigenvalue weighted by molar-refractivity contribution is 0.456. The zero-order valence-electron chi connectivity index (χ0n) is 14.7. The van der Waals surface area contributed by atoms with Gasteiger partial charge in [-0.05, 0) is 36.6 Å². The molecular formula is C23H26N2. The summed E-state index contributed by atoms with van der Waals surface area (Å²) in [5, 5.41) is 3.67. The highest BCUT2D eigenvalue weighted by molar-refractivity contribution is 5.27. The van der Waals surface area contributed by atoms with Crippen LogP contribution in [0.5, 0.6) is 0 Å². The number of hydrogen-bond donors (Lipinski definition) is 2. The Kier molecular flexibility index (Phi) is 5.99. The minimum absolute atomic E-state index is 0.0818. The second-order valence-corrected chi connectivity index (χ2v) is 6.51. The second-order valence-electron chi connectivity index (χ2n) is 6.51. The van der Waals surface area contributed by atoms with Gasteiger partial charge in [0, 0.05) is 6.04 Å². The summed E-state index contributed by atoms with van der Waals surface area (Å²) in [7, 11) is 0. The van der Waals surface area contributed by atoms with Crippen LogP contribution in [-0.2, 0) is 6.42 Å². The van der Waals surface area contributed by atoms with Crippen LogP contribution in [-0.4, -0.2) is 6.54 Å². The molecule has 3 rings (SSSR count). The van der Waals surface area contributed by atoms with Crippen molar-refractivity contribution in [2.75, 3.05) is 6.54 Å². The lowest BCUT2D eigenvalue weighted by Gasteiger charge is -2.26. The monoisotopic (exact) mass is 330 g/mol. The standard InChI is InChI=1S/C23H26N2/c1-18-12-14-19(15-13-18)16-17-25-23(21-10-6-3-7-11-21)22(24)20-8-4-2-5-9-20/h2-15,22-23,25H,16-17,24H2,1H3. The Morgan fingerprint density at radius 3 is 1.92 bits per heavy atom. The molecule has 0 aliphatic heterocycles. The van der Waals surface area contributed by atoms with Crippen LogP contribution >= 0.6 is 0 Å². The largest absolute Gasteiger partial charge is 0.322 e. The summed E-state index contributed by atoms with van der Waals surface area (Å²) in [6, 6.07) is 29.5.